The van der Waals surface area contributed by atoms with Crippen molar-refractivity contribution in [3.63, 3.8) is 0 Å². The van der Waals surface area contributed by atoms with Crippen molar-refractivity contribution < 1.29 is 4.74 Å². The Hall–Kier alpha value is -0.500. The zero-order valence-electron chi connectivity index (χ0n) is 11.2. The highest BCUT2D eigenvalue weighted by Gasteiger charge is 2.42. The summed E-state index contributed by atoms with van der Waals surface area (Å²) in [5, 5.41) is 0. The molecule has 2 heteroatoms. The van der Waals surface area contributed by atoms with Gasteiger partial charge in [-0.3, -0.25) is 0 Å². The van der Waals surface area contributed by atoms with Crippen molar-refractivity contribution in [3.8, 4) is 0 Å². The maximum absolute atomic E-state index is 5.41. The van der Waals surface area contributed by atoms with Crippen LogP contribution in [0.25, 0.3) is 0 Å². The van der Waals surface area contributed by atoms with Gasteiger partial charge in [0, 0.05) is 24.7 Å². The van der Waals surface area contributed by atoms with Crippen molar-refractivity contribution >= 4 is 0 Å². The summed E-state index contributed by atoms with van der Waals surface area (Å²) in [7, 11) is 2.27. The molecule has 96 valence electrons. The minimum absolute atomic E-state index is 0.593. The molecule has 3 aliphatic rings. The molecule has 1 atom stereocenters. The maximum Gasteiger partial charge on any atom is 0.0544 e. The minimum atomic E-state index is 0.593. The second-order valence-electron chi connectivity index (χ2n) is 6.55. The van der Waals surface area contributed by atoms with E-state index in [0.717, 1.165) is 25.0 Å². The number of rotatable bonds is 1. The number of ether oxygens (including phenoxy) is 1. The third kappa shape index (κ3) is 2.12. The average Bonchev–Trinajstić information content (AvgIpc) is 2.31. The number of allylic oxidation sites excluding steroid dienone is 2. The summed E-state index contributed by atoms with van der Waals surface area (Å²) in [6.07, 6.45) is 9.39. The molecule has 1 unspecified atom stereocenters. The molecule has 0 aromatic heterocycles. The molecule has 0 amide bonds. The highest BCUT2D eigenvalue weighted by molar-refractivity contribution is 5.12. The summed E-state index contributed by atoms with van der Waals surface area (Å²) >= 11 is 0. The second-order valence-corrected chi connectivity index (χ2v) is 6.55. The molecule has 1 spiro atoms. The van der Waals surface area contributed by atoms with Gasteiger partial charge in [-0.05, 0) is 43.9 Å². The number of nitrogens with zero attached hydrogens (tertiary/aromatic N) is 1. The van der Waals surface area contributed by atoms with Crippen LogP contribution in [0, 0.1) is 17.3 Å². The molecular formula is C15H25NO. The summed E-state index contributed by atoms with van der Waals surface area (Å²) in [6.45, 7) is 5.67. The predicted octanol–water partition coefficient (Wildman–Crippen LogP) is 3.05. The van der Waals surface area contributed by atoms with Gasteiger partial charge in [0.25, 0.3) is 0 Å². The molecule has 2 nitrogen and oxygen atoms in total. The summed E-state index contributed by atoms with van der Waals surface area (Å²) in [5.41, 5.74) is 2.23. The Labute approximate surface area is 105 Å². The minimum Gasteiger partial charge on any atom is -0.380 e. The van der Waals surface area contributed by atoms with Crippen molar-refractivity contribution in [1.29, 1.82) is 0 Å². The lowest BCUT2D eigenvalue weighted by Crippen LogP contribution is -2.46. The first-order valence-electron chi connectivity index (χ1n) is 7.19. The van der Waals surface area contributed by atoms with Gasteiger partial charge in [-0.1, -0.05) is 13.0 Å². The zero-order chi connectivity index (χ0) is 11.9. The predicted molar refractivity (Wildman–Crippen MR) is 69.7 cm³/mol. The van der Waals surface area contributed by atoms with Crippen molar-refractivity contribution in [3.05, 3.63) is 11.8 Å². The third-order valence-electron chi connectivity index (χ3n) is 5.10. The lowest BCUT2D eigenvalue weighted by molar-refractivity contribution is -0.135. The van der Waals surface area contributed by atoms with Gasteiger partial charge in [0.2, 0.25) is 0 Å². The molecule has 2 heterocycles. The summed E-state index contributed by atoms with van der Waals surface area (Å²) in [5.74, 6) is 1.61. The van der Waals surface area contributed by atoms with Gasteiger partial charge >= 0.3 is 0 Å². The molecule has 0 radical (unpaired) electrons. The van der Waals surface area contributed by atoms with Gasteiger partial charge in [0.15, 0.2) is 0 Å². The lowest BCUT2D eigenvalue weighted by atomic mass is 9.68. The Kier molecular flexibility index (Phi) is 2.94. The van der Waals surface area contributed by atoms with E-state index in [0.29, 0.717) is 5.41 Å². The van der Waals surface area contributed by atoms with Crippen LogP contribution in [-0.4, -0.2) is 31.7 Å². The van der Waals surface area contributed by atoms with E-state index in [4.69, 9.17) is 4.74 Å². The quantitative estimate of drug-likeness (QED) is 0.692. The second kappa shape index (κ2) is 4.31. The first kappa shape index (κ1) is 11.6. The standard InChI is InChI=1S/C15H25NO/c1-12-5-8-16(2)14(9-12)13-3-6-15(7-4-13)10-17-11-15/h9,12-13H,3-8,10-11H2,1-2H3. The van der Waals surface area contributed by atoms with Gasteiger partial charge in [-0.2, -0.15) is 0 Å². The van der Waals surface area contributed by atoms with Crippen LogP contribution in [0.5, 0.6) is 0 Å². The third-order valence-corrected chi connectivity index (χ3v) is 5.10. The van der Waals surface area contributed by atoms with Crippen LogP contribution in [0.2, 0.25) is 0 Å². The molecule has 2 aliphatic heterocycles. The maximum atomic E-state index is 5.41. The lowest BCUT2D eigenvalue weighted by Gasteiger charge is -2.47. The molecule has 0 aromatic carbocycles. The van der Waals surface area contributed by atoms with Crippen LogP contribution in [0.15, 0.2) is 11.8 Å². The van der Waals surface area contributed by atoms with E-state index in [2.05, 4.69) is 24.9 Å². The van der Waals surface area contributed by atoms with E-state index in [1.54, 1.807) is 5.70 Å². The Morgan fingerprint density at radius 1 is 1.24 bits per heavy atom. The van der Waals surface area contributed by atoms with Gasteiger partial charge in [-0.15, -0.1) is 0 Å². The van der Waals surface area contributed by atoms with Crippen LogP contribution in [-0.2, 0) is 4.74 Å². The number of hydrogen-bond donors (Lipinski definition) is 0. The molecule has 17 heavy (non-hydrogen) atoms. The first-order chi connectivity index (χ1) is 8.19. The van der Waals surface area contributed by atoms with E-state index < -0.39 is 0 Å². The van der Waals surface area contributed by atoms with Gasteiger partial charge in [0.1, 0.15) is 0 Å². The molecular weight excluding hydrogens is 210 g/mol. The topological polar surface area (TPSA) is 12.5 Å². The number of hydrogen-bond acceptors (Lipinski definition) is 2. The van der Waals surface area contributed by atoms with E-state index in [-0.39, 0.29) is 0 Å². The molecule has 0 aromatic rings. The smallest absolute Gasteiger partial charge is 0.0544 e. The van der Waals surface area contributed by atoms with Gasteiger partial charge in [0.05, 0.1) is 13.2 Å². The van der Waals surface area contributed by atoms with Crippen LogP contribution in [0.4, 0.5) is 0 Å². The van der Waals surface area contributed by atoms with Crippen molar-refractivity contribution in [2.45, 2.75) is 39.0 Å². The van der Waals surface area contributed by atoms with Crippen molar-refractivity contribution in [1.82, 2.24) is 4.90 Å². The van der Waals surface area contributed by atoms with E-state index >= 15 is 0 Å². The Morgan fingerprint density at radius 3 is 2.53 bits per heavy atom. The van der Waals surface area contributed by atoms with E-state index in [1.807, 2.05) is 0 Å². The average molecular weight is 235 g/mol. The van der Waals surface area contributed by atoms with Gasteiger partial charge < -0.3 is 9.64 Å². The summed E-state index contributed by atoms with van der Waals surface area (Å²) in [4.78, 5) is 2.50. The highest BCUT2D eigenvalue weighted by atomic mass is 16.5. The largest absolute Gasteiger partial charge is 0.380 e. The molecule has 2 fully saturated rings. The van der Waals surface area contributed by atoms with Crippen LogP contribution in [0.1, 0.15) is 39.0 Å². The fraction of sp³-hybridized carbons (Fsp3) is 0.867. The molecule has 1 saturated carbocycles. The Bertz CT molecular complexity index is 309. The van der Waals surface area contributed by atoms with Crippen LogP contribution in [0.3, 0.4) is 0 Å². The summed E-state index contributed by atoms with van der Waals surface area (Å²) < 4.78 is 5.41. The Balaban J connectivity index is 1.65. The molecule has 0 N–H and O–H groups in total. The fourth-order valence-corrected chi connectivity index (χ4v) is 3.68. The molecule has 0 bridgehead atoms. The fourth-order valence-electron chi connectivity index (χ4n) is 3.68. The SMILES string of the molecule is CC1C=C(C2CCC3(CC2)COC3)N(C)CC1. The highest BCUT2D eigenvalue weighted by Crippen LogP contribution is 2.46. The van der Waals surface area contributed by atoms with E-state index in [1.165, 1.54) is 38.6 Å². The van der Waals surface area contributed by atoms with Crippen molar-refractivity contribution in [2.24, 2.45) is 17.3 Å². The monoisotopic (exact) mass is 235 g/mol. The zero-order valence-corrected chi connectivity index (χ0v) is 11.2. The Morgan fingerprint density at radius 2 is 1.94 bits per heavy atom. The van der Waals surface area contributed by atoms with Gasteiger partial charge in [-0.25, -0.2) is 0 Å². The van der Waals surface area contributed by atoms with Crippen LogP contribution < -0.4 is 0 Å². The first-order valence-corrected chi connectivity index (χ1v) is 7.19. The van der Waals surface area contributed by atoms with Crippen LogP contribution >= 0.6 is 0 Å². The molecule has 3 rings (SSSR count). The normalized spacial score (nSPS) is 33.4. The summed E-state index contributed by atoms with van der Waals surface area (Å²) in [6, 6.07) is 0. The molecule has 1 saturated heterocycles. The molecule has 1 aliphatic carbocycles. The van der Waals surface area contributed by atoms with Crippen molar-refractivity contribution in [2.75, 3.05) is 26.8 Å². The van der Waals surface area contributed by atoms with E-state index in [9.17, 15) is 0 Å².